The van der Waals surface area contributed by atoms with Crippen molar-refractivity contribution >= 4 is 11.9 Å². The Labute approximate surface area is 176 Å². The van der Waals surface area contributed by atoms with Gasteiger partial charge in [0.15, 0.2) is 0 Å². The Balaban J connectivity index is 1.32. The van der Waals surface area contributed by atoms with Gasteiger partial charge in [-0.3, -0.25) is 14.7 Å². The number of rotatable bonds is 4. The van der Waals surface area contributed by atoms with Crippen molar-refractivity contribution < 1.29 is 9.53 Å². The zero-order valence-electron chi connectivity index (χ0n) is 17.2. The molecule has 1 amide bonds. The number of aromatic nitrogens is 3. The highest BCUT2D eigenvalue weighted by molar-refractivity contribution is 5.78. The highest BCUT2D eigenvalue weighted by Gasteiger charge is 2.49. The fraction of sp³-hybridized carbons (Fsp3) is 0.545. The quantitative estimate of drug-likeness (QED) is 0.817. The van der Waals surface area contributed by atoms with E-state index in [1.165, 1.54) is 5.56 Å². The van der Waals surface area contributed by atoms with Crippen molar-refractivity contribution in [2.45, 2.75) is 37.3 Å². The Morgan fingerprint density at radius 3 is 2.77 bits per heavy atom. The van der Waals surface area contributed by atoms with Crippen molar-refractivity contribution in [2.75, 3.05) is 44.3 Å². The summed E-state index contributed by atoms with van der Waals surface area (Å²) >= 11 is 0. The number of nitrogens with one attached hydrogen (secondary N) is 1. The van der Waals surface area contributed by atoms with Gasteiger partial charge >= 0.3 is 0 Å². The van der Waals surface area contributed by atoms with Crippen LogP contribution in [0.15, 0.2) is 36.9 Å². The average molecular weight is 409 g/mol. The van der Waals surface area contributed by atoms with E-state index < -0.39 is 0 Å². The number of amides is 1. The van der Waals surface area contributed by atoms with Gasteiger partial charge in [0.05, 0.1) is 18.8 Å². The lowest BCUT2D eigenvalue weighted by molar-refractivity contribution is -0.125. The molecular weight excluding hydrogens is 380 g/mol. The van der Waals surface area contributed by atoms with Crippen molar-refractivity contribution in [2.24, 2.45) is 0 Å². The molecule has 5 heterocycles. The first-order chi connectivity index (χ1) is 14.7. The lowest BCUT2D eigenvalue weighted by atomic mass is 9.77. The minimum atomic E-state index is -0.215. The number of carbonyl (C=O) groups excluding carboxylic acids is 1. The second-order valence-corrected chi connectivity index (χ2v) is 8.56. The second kappa shape index (κ2) is 8.28. The summed E-state index contributed by atoms with van der Waals surface area (Å²) in [7, 11) is 0. The molecule has 8 heteroatoms. The van der Waals surface area contributed by atoms with Crippen LogP contribution < -0.4 is 10.2 Å². The van der Waals surface area contributed by atoms with Crippen LogP contribution in [0.1, 0.15) is 36.3 Å². The number of likely N-dealkylation sites (tertiary alicyclic amines) is 1. The molecule has 0 aromatic carbocycles. The van der Waals surface area contributed by atoms with Crippen molar-refractivity contribution in [3.63, 3.8) is 0 Å². The number of piperidine rings is 1. The van der Waals surface area contributed by atoms with Gasteiger partial charge in [-0.15, -0.1) is 0 Å². The molecule has 2 aromatic heterocycles. The molecule has 0 radical (unpaired) electrons. The van der Waals surface area contributed by atoms with E-state index >= 15 is 0 Å². The van der Waals surface area contributed by atoms with Gasteiger partial charge in [-0.25, -0.2) is 9.97 Å². The number of morpholine rings is 1. The molecule has 8 nitrogen and oxygen atoms in total. The van der Waals surface area contributed by atoms with Gasteiger partial charge in [0.25, 0.3) is 0 Å². The van der Waals surface area contributed by atoms with Crippen LogP contribution >= 0.6 is 0 Å². The van der Waals surface area contributed by atoms with E-state index in [-0.39, 0.29) is 17.4 Å². The van der Waals surface area contributed by atoms with Gasteiger partial charge in [0, 0.05) is 75.4 Å². The van der Waals surface area contributed by atoms with Crippen LogP contribution in [0.25, 0.3) is 0 Å². The fourth-order valence-electron chi connectivity index (χ4n) is 5.10. The summed E-state index contributed by atoms with van der Waals surface area (Å²) in [5, 5.41) is 3.35. The van der Waals surface area contributed by atoms with E-state index in [0.717, 1.165) is 70.3 Å². The van der Waals surface area contributed by atoms with Crippen molar-refractivity contribution in [3.05, 3.63) is 48.0 Å². The summed E-state index contributed by atoms with van der Waals surface area (Å²) in [6.45, 7) is 5.62. The third-order valence-electron chi connectivity index (χ3n) is 6.51. The predicted molar refractivity (Wildman–Crippen MR) is 112 cm³/mol. The molecule has 2 aromatic rings. The lowest BCUT2D eigenvalue weighted by Crippen LogP contribution is -2.56. The monoisotopic (exact) mass is 408 g/mol. The second-order valence-electron chi connectivity index (χ2n) is 8.56. The molecule has 3 aliphatic heterocycles. The summed E-state index contributed by atoms with van der Waals surface area (Å²) in [5.41, 5.74) is 2.07. The summed E-state index contributed by atoms with van der Waals surface area (Å²) in [5.74, 6) is 1.17. The van der Waals surface area contributed by atoms with Crippen molar-refractivity contribution in [1.82, 2.24) is 25.2 Å². The normalized spacial score (nSPS) is 27.4. The number of hydrogen-bond donors (Lipinski definition) is 1. The van der Waals surface area contributed by atoms with E-state index in [4.69, 9.17) is 4.74 Å². The first-order valence-electron chi connectivity index (χ1n) is 10.8. The largest absolute Gasteiger partial charge is 0.378 e. The number of ether oxygens (including phenoxy) is 1. The molecule has 3 fully saturated rings. The van der Waals surface area contributed by atoms with Crippen LogP contribution in [0.3, 0.4) is 0 Å². The van der Waals surface area contributed by atoms with E-state index in [1.807, 2.05) is 24.7 Å². The molecular formula is C22H28N6O2. The maximum atomic E-state index is 12.3. The molecule has 0 unspecified atom stereocenters. The molecule has 0 aliphatic carbocycles. The molecule has 0 bridgehead atoms. The number of anilines is 1. The first kappa shape index (κ1) is 19.4. The SMILES string of the molecule is O=C1CCC[C@]2(CN(Cc3cnc(N4CCOCC4)nc3)C[C@H]2c2cccnc2)N1. The molecule has 30 heavy (non-hydrogen) atoms. The van der Waals surface area contributed by atoms with Crippen LogP contribution in [-0.4, -0.2) is 70.7 Å². The third-order valence-corrected chi connectivity index (χ3v) is 6.51. The van der Waals surface area contributed by atoms with Crippen molar-refractivity contribution in [1.29, 1.82) is 0 Å². The molecule has 3 saturated heterocycles. The number of pyridine rings is 1. The lowest BCUT2D eigenvalue weighted by Gasteiger charge is -2.39. The van der Waals surface area contributed by atoms with Crippen LogP contribution in [-0.2, 0) is 16.1 Å². The van der Waals surface area contributed by atoms with Gasteiger partial charge in [0.1, 0.15) is 0 Å². The third kappa shape index (κ3) is 3.89. The summed E-state index contributed by atoms with van der Waals surface area (Å²) in [4.78, 5) is 30.4. The van der Waals surface area contributed by atoms with Gasteiger partial charge in [-0.2, -0.15) is 0 Å². The average Bonchev–Trinajstić information content (AvgIpc) is 3.12. The van der Waals surface area contributed by atoms with Crippen LogP contribution in [0.2, 0.25) is 0 Å². The molecule has 1 spiro atoms. The molecule has 158 valence electrons. The maximum absolute atomic E-state index is 12.3. The van der Waals surface area contributed by atoms with E-state index in [0.29, 0.717) is 6.42 Å². The Bertz CT molecular complexity index is 871. The zero-order valence-corrected chi connectivity index (χ0v) is 17.2. The highest BCUT2D eigenvalue weighted by atomic mass is 16.5. The number of nitrogens with zero attached hydrogens (tertiary/aromatic N) is 5. The molecule has 1 N–H and O–H groups in total. The minimum absolute atomic E-state index is 0.162. The van der Waals surface area contributed by atoms with Gasteiger partial charge in [-0.1, -0.05) is 6.07 Å². The Morgan fingerprint density at radius 1 is 1.20 bits per heavy atom. The zero-order chi connectivity index (χ0) is 20.4. The van der Waals surface area contributed by atoms with Crippen molar-refractivity contribution in [3.8, 4) is 0 Å². The summed E-state index contributed by atoms with van der Waals surface area (Å²) < 4.78 is 5.40. The smallest absolute Gasteiger partial charge is 0.225 e. The molecule has 5 rings (SSSR count). The predicted octanol–water partition coefficient (Wildman–Crippen LogP) is 1.35. The maximum Gasteiger partial charge on any atom is 0.225 e. The van der Waals surface area contributed by atoms with Crippen LogP contribution in [0, 0.1) is 0 Å². The van der Waals surface area contributed by atoms with E-state index in [1.54, 1.807) is 6.20 Å². The highest BCUT2D eigenvalue weighted by Crippen LogP contribution is 2.41. The molecule has 3 aliphatic rings. The summed E-state index contributed by atoms with van der Waals surface area (Å²) in [6, 6.07) is 4.11. The first-order valence-corrected chi connectivity index (χ1v) is 10.8. The minimum Gasteiger partial charge on any atom is -0.378 e. The topological polar surface area (TPSA) is 83.5 Å². The standard InChI is InChI=1S/C22H28N6O2/c29-20-4-1-5-22(26-20)16-27(15-19(22)18-3-2-6-23-13-18)14-17-11-24-21(25-12-17)28-7-9-30-10-8-28/h2-3,6,11-13,19H,1,4-5,7-10,14-16H2,(H,26,29)/t19-,22+/m0/s1. The Kier molecular flexibility index (Phi) is 5.35. The molecule has 0 saturated carbocycles. The fourth-order valence-corrected chi connectivity index (χ4v) is 5.10. The Hall–Kier alpha value is -2.58. The number of carbonyl (C=O) groups is 1. The molecule has 2 atom stereocenters. The van der Waals surface area contributed by atoms with Crippen LogP contribution in [0.5, 0.6) is 0 Å². The van der Waals surface area contributed by atoms with Crippen LogP contribution in [0.4, 0.5) is 5.95 Å². The summed E-state index contributed by atoms with van der Waals surface area (Å²) in [6.07, 6.45) is 10.2. The van der Waals surface area contributed by atoms with Gasteiger partial charge in [-0.05, 0) is 24.5 Å². The van der Waals surface area contributed by atoms with Gasteiger partial charge in [0.2, 0.25) is 11.9 Å². The van der Waals surface area contributed by atoms with Gasteiger partial charge < -0.3 is 15.0 Å². The number of hydrogen-bond acceptors (Lipinski definition) is 7. The Morgan fingerprint density at radius 2 is 2.03 bits per heavy atom. The van der Waals surface area contributed by atoms with E-state index in [9.17, 15) is 4.79 Å². The van der Waals surface area contributed by atoms with E-state index in [2.05, 4.69) is 36.1 Å².